The number of thiophene rings is 1. The van der Waals surface area contributed by atoms with Crippen molar-refractivity contribution in [2.24, 2.45) is 0 Å². The third-order valence-corrected chi connectivity index (χ3v) is 6.30. The van der Waals surface area contributed by atoms with Crippen LogP contribution < -0.4 is 4.72 Å². The molecule has 0 aromatic carbocycles. The molecule has 0 atom stereocenters. The van der Waals surface area contributed by atoms with Gasteiger partial charge in [-0.2, -0.15) is 0 Å². The molecule has 0 aliphatic carbocycles. The van der Waals surface area contributed by atoms with Crippen LogP contribution in [0.5, 0.6) is 0 Å². The number of halogens is 2. The van der Waals surface area contributed by atoms with Crippen molar-refractivity contribution in [2.45, 2.75) is 17.6 Å². The molecule has 1 aromatic rings. The summed E-state index contributed by atoms with van der Waals surface area (Å²) in [4.78, 5) is 0. The van der Waals surface area contributed by atoms with Crippen LogP contribution >= 0.6 is 38.9 Å². The van der Waals surface area contributed by atoms with E-state index >= 15 is 0 Å². The van der Waals surface area contributed by atoms with Gasteiger partial charge >= 0.3 is 0 Å². The molecule has 0 amide bonds. The fourth-order valence-corrected chi connectivity index (χ4v) is 4.63. The van der Waals surface area contributed by atoms with Crippen LogP contribution in [0.2, 0.25) is 0 Å². The molecular weight excluding hydrogens is 362 g/mol. The number of sulfonamides is 1. The molecule has 0 radical (unpaired) electrons. The quantitative estimate of drug-likeness (QED) is 0.560. The van der Waals surface area contributed by atoms with E-state index in [1.807, 2.05) is 6.92 Å². The minimum atomic E-state index is -3.40. The summed E-state index contributed by atoms with van der Waals surface area (Å²) in [6.45, 7) is 3.21. The van der Waals surface area contributed by atoms with E-state index < -0.39 is 10.0 Å². The van der Waals surface area contributed by atoms with E-state index in [1.54, 1.807) is 6.07 Å². The maximum Gasteiger partial charge on any atom is 0.250 e. The molecule has 1 heterocycles. The van der Waals surface area contributed by atoms with Crippen LogP contribution in [0, 0.1) is 6.92 Å². The highest BCUT2D eigenvalue weighted by molar-refractivity contribution is 9.11. The zero-order valence-electron chi connectivity index (χ0n) is 9.91. The van der Waals surface area contributed by atoms with Crippen LogP contribution in [0.3, 0.4) is 0 Å². The van der Waals surface area contributed by atoms with Crippen LogP contribution in [0.1, 0.15) is 12.0 Å². The molecule has 0 spiro atoms. The van der Waals surface area contributed by atoms with Crippen molar-refractivity contribution in [1.29, 1.82) is 0 Å². The lowest BCUT2D eigenvalue weighted by Crippen LogP contribution is -2.24. The Bertz CT molecular complexity index is 456. The Labute approximate surface area is 125 Å². The van der Waals surface area contributed by atoms with Gasteiger partial charge in [0.15, 0.2) is 0 Å². The summed E-state index contributed by atoms with van der Waals surface area (Å²) >= 11 is 9.97. The van der Waals surface area contributed by atoms with Crippen LogP contribution in [-0.2, 0) is 14.8 Å². The number of hydrogen-bond acceptors (Lipinski definition) is 4. The number of rotatable bonds is 8. The Hall–Kier alpha value is 0.340. The van der Waals surface area contributed by atoms with Gasteiger partial charge < -0.3 is 4.74 Å². The van der Waals surface area contributed by atoms with Gasteiger partial charge in [-0.1, -0.05) is 0 Å². The van der Waals surface area contributed by atoms with Crippen molar-refractivity contribution in [2.75, 3.05) is 25.6 Å². The van der Waals surface area contributed by atoms with Gasteiger partial charge in [-0.05, 0) is 40.9 Å². The standard InChI is InChI=1S/C10H15BrClNO3S2/c1-8-7-9(17-10(8)11)18(14,15)13-4-2-5-16-6-3-12/h7,13H,2-6H2,1H3. The first-order chi connectivity index (χ1) is 8.47. The zero-order chi connectivity index (χ0) is 13.6. The van der Waals surface area contributed by atoms with Gasteiger partial charge in [0.05, 0.1) is 10.4 Å². The van der Waals surface area contributed by atoms with Gasteiger partial charge in [-0.15, -0.1) is 22.9 Å². The van der Waals surface area contributed by atoms with Crippen LogP contribution in [0.25, 0.3) is 0 Å². The predicted molar refractivity (Wildman–Crippen MR) is 78.1 cm³/mol. The lowest BCUT2D eigenvalue weighted by atomic mass is 10.4. The number of ether oxygens (including phenoxy) is 1. The molecule has 0 aliphatic rings. The molecule has 0 aliphatic heterocycles. The number of alkyl halides is 1. The molecule has 18 heavy (non-hydrogen) atoms. The van der Waals surface area contributed by atoms with Crippen LogP contribution in [0.4, 0.5) is 0 Å². The monoisotopic (exact) mass is 375 g/mol. The van der Waals surface area contributed by atoms with Crippen molar-refractivity contribution < 1.29 is 13.2 Å². The second kappa shape index (κ2) is 7.81. The van der Waals surface area contributed by atoms with E-state index in [0.29, 0.717) is 36.3 Å². The topological polar surface area (TPSA) is 55.4 Å². The fraction of sp³-hybridized carbons (Fsp3) is 0.600. The van der Waals surface area contributed by atoms with Crippen molar-refractivity contribution in [1.82, 2.24) is 4.72 Å². The lowest BCUT2D eigenvalue weighted by molar-refractivity contribution is 0.147. The molecule has 104 valence electrons. The highest BCUT2D eigenvalue weighted by Gasteiger charge is 2.17. The second-order valence-corrected chi connectivity index (χ2v) is 8.32. The molecular formula is C10H15BrClNO3S2. The minimum absolute atomic E-state index is 0.327. The molecule has 0 bridgehead atoms. The molecule has 0 saturated carbocycles. The summed E-state index contributed by atoms with van der Waals surface area (Å²) < 4.78 is 32.7. The normalized spacial score (nSPS) is 11.9. The van der Waals surface area contributed by atoms with E-state index in [-0.39, 0.29) is 0 Å². The SMILES string of the molecule is Cc1cc(S(=O)(=O)NCCCOCCCl)sc1Br. The van der Waals surface area contributed by atoms with Gasteiger partial charge in [0.2, 0.25) is 10.0 Å². The highest BCUT2D eigenvalue weighted by atomic mass is 79.9. The van der Waals surface area contributed by atoms with E-state index in [9.17, 15) is 8.42 Å². The number of nitrogens with one attached hydrogen (secondary N) is 1. The predicted octanol–water partition coefficient (Wildman–Crippen LogP) is 2.74. The van der Waals surface area contributed by atoms with E-state index in [1.165, 1.54) is 11.3 Å². The molecule has 1 aromatic heterocycles. The highest BCUT2D eigenvalue weighted by Crippen LogP contribution is 2.30. The van der Waals surface area contributed by atoms with E-state index in [4.69, 9.17) is 16.3 Å². The third kappa shape index (κ3) is 5.14. The Morgan fingerprint density at radius 1 is 1.50 bits per heavy atom. The molecule has 4 nitrogen and oxygen atoms in total. The van der Waals surface area contributed by atoms with Crippen molar-refractivity contribution in [3.8, 4) is 0 Å². The van der Waals surface area contributed by atoms with Crippen molar-refractivity contribution in [3.05, 3.63) is 15.4 Å². The van der Waals surface area contributed by atoms with E-state index in [2.05, 4.69) is 20.7 Å². The van der Waals surface area contributed by atoms with Gasteiger partial charge in [-0.3, -0.25) is 0 Å². The largest absolute Gasteiger partial charge is 0.380 e. The first-order valence-corrected chi connectivity index (χ1v) is 8.99. The summed E-state index contributed by atoms with van der Waals surface area (Å²) in [6, 6.07) is 1.65. The van der Waals surface area contributed by atoms with Gasteiger partial charge in [0.1, 0.15) is 4.21 Å². The van der Waals surface area contributed by atoms with Gasteiger partial charge in [0, 0.05) is 19.0 Å². The number of aryl methyl sites for hydroxylation is 1. The molecule has 1 N–H and O–H groups in total. The molecule has 0 fully saturated rings. The summed E-state index contributed by atoms with van der Waals surface area (Å²) in [5, 5.41) is 0. The molecule has 1 rings (SSSR count). The Kier molecular flexibility index (Phi) is 7.12. The average molecular weight is 377 g/mol. The van der Waals surface area contributed by atoms with Crippen molar-refractivity contribution >= 4 is 48.9 Å². The summed E-state index contributed by atoms with van der Waals surface area (Å²) in [6.07, 6.45) is 0.627. The average Bonchev–Trinajstić information content (AvgIpc) is 2.65. The third-order valence-electron chi connectivity index (χ3n) is 2.08. The van der Waals surface area contributed by atoms with Crippen LogP contribution in [-0.4, -0.2) is 34.1 Å². The first-order valence-electron chi connectivity index (χ1n) is 5.36. The number of hydrogen-bond donors (Lipinski definition) is 1. The van der Waals surface area contributed by atoms with Gasteiger partial charge in [0.25, 0.3) is 0 Å². The fourth-order valence-electron chi connectivity index (χ4n) is 1.17. The maximum atomic E-state index is 11.9. The zero-order valence-corrected chi connectivity index (χ0v) is 13.9. The van der Waals surface area contributed by atoms with Gasteiger partial charge in [-0.25, -0.2) is 13.1 Å². The summed E-state index contributed by atoms with van der Waals surface area (Å²) in [5.74, 6) is 0.453. The smallest absolute Gasteiger partial charge is 0.250 e. The van der Waals surface area contributed by atoms with Crippen LogP contribution in [0.15, 0.2) is 14.1 Å². The first kappa shape index (κ1) is 16.4. The lowest BCUT2D eigenvalue weighted by Gasteiger charge is -2.04. The van der Waals surface area contributed by atoms with E-state index in [0.717, 1.165) is 9.35 Å². The summed E-state index contributed by atoms with van der Waals surface area (Å²) in [5.41, 5.74) is 0.922. The second-order valence-electron chi connectivity index (χ2n) is 3.57. The summed E-state index contributed by atoms with van der Waals surface area (Å²) in [7, 11) is -3.40. The Morgan fingerprint density at radius 3 is 2.78 bits per heavy atom. The Morgan fingerprint density at radius 2 is 2.22 bits per heavy atom. The maximum absolute atomic E-state index is 11.9. The molecule has 0 unspecified atom stereocenters. The molecule has 0 saturated heterocycles. The van der Waals surface area contributed by atoms with Crippen molar-refractivity contribution in [3.63, 3.8) is 0 Å². The minimum Gasteiger partial charge on any atom is -0.380 e. The Balaban J connectivity index is 2.41. The molecule has 8 heteroatoms.